The molecule has 1 amide bonds. The van der Waals surface area contributed by atoms with Crippen molar-refractivity contribution in [3.8, 4) is 11.3 Å². The fourth-order valence-electron chi connectivity index (χ4n) is 2.54. The number of fused-ring (bicyclic) bond motifs is 1. The van der Waals surface area contributed by atoms with Gasteiger partial charge in [-0.15, -0.1) is 0 Å². The minimum Gasteiger partial charge on any atom is -0.338 e. The van der Waals surface area contributed by atoms with E-state index in [9.17, 15) is 4.79 Å². The van der Waals surface area contributed by atoms with E-state index in [2.05, 4.69) is 43.5 Å². The van der Waals surface area contributed by atoms with Crippen LogP contribution in [0.25, 0.3) is 22.4 Å². The smallest absolute Gasteiger partial charge is 0.274 e. The molecule has 0 aliphatic rings. The molecule has 3 heterocycles. The summed E-state index contributed by atoms with van der Waals surface area (Å²) in [7, 11) is 0. The molecule has 3 N–H and O–H groups in total. The number of aryl methyl sites for hydroxylation is 1. The van der Waals surface area contributed by atoms with Gasteiger partial charge < -0.3 is 10.3 Å². The van der Waals surface area contributed by atoms with Gasteiger partial charge >= 0.3 is 0 Å². The molecule has 3 aromatic heterocycles. The fraction of sp³-hybridized carbons (Fsp3) is 0.0588. The number of aromatic nitrogens is 5. The van der Waals surface area contributed by atoms with E-state index in [0.717, 1.165) is 22.3 Å². The maximum Gasteiger partial charge on any atom is 0.274 e. The van der Waals surface area contributed by atoms with E-state index in [0.29, 0.717) is 17.2 Å². The van der Waals surface area contributed by atoms with E-state index in [-0.39, 0.29) is 5.91 Å². The summed E-state index contributed by atoms with van der Waals surface area (Å²) < 4.78 is 0. The van der Waals surface area contributed by atoms with E-state index in [1.54, 1.807) is 6.07 Å². The van der Waals surface area contributed by atoms with Crippen LogP contribution in [-0.2, 0) is 0 Å². The van der Waals surface area contributed by atoms with Crippen molar-refractivity contribution in [3.63, 3.8) is 0 Å². The summed E-state index contributed by atoms with van der Waals surface area (Å²) in [6, 6.07) is 11.6. The summed E-state index contributed by atoms with van der Waals surface area (Å²) in [6.45, 7) is 2.05. The first-order valence-corrected chi connectivity index (χ1v) is 7.43. The largest absolute Gasteiger partial charge is 0.338 e. The number of hydrogen-bond donors (Lipinski definition) is 3. The van der Waals surface area contributed by atoms with E-state index < -0.39 is 0 Å². The van der Waals surface area contributed by atoms with Gasteiger partial charge in [0.05, 0.1) is 6.20 Å². The predicted molar refractivity (Wildman–Crippen MR) is 90.6 cm³/mol. The van der Waals surface area contributed by atoms with Crippen LogP contribution in [-0.4, -0.2) is 31.1 Å². The van der Waals surface area contributed by atoms with Crippen LogP contribution in [0.4, 0.5) is 5.82 Å². The van der Waals surface area contributed by atoms with E-state index in [1.807, 2.05) is 24.3 Å². The molecule has 0 saturated carbocycles. The van der Waals surface area contributed by atoms with Crippen LogP contribution in [0, 0.1) is 6.92 Å². The lowest BCUT2D eigenvalue weighted by molar-refractivity contribution is 0.102. The minimum atomic E-state index is -0.313. The molecular formula is C17H14N6O. The van der Waals surface area contributed by atoms with Crippen LogP contribution < -0.4 is 5.32 Å². The zero-order valence-electron chi connectivity index (χ0n) is 12.9. The first-order valence-electron chi connectivity index (χ1n) is 7.43. The maximum atomic E-state index is 12.0. The third-order valence-electron chi connectivity index (χ3n) is 3.76. The summed E-state index contributed by atoms with van der Waals surface area (Å²) in [5.41, 5.74) is 4.93. The lowest BCUT2D eigenvalue weighted by atomic mass is 10.1. The third-order valence-corrected chi connectivity index (χ3v) is 3.76. The molecule has 0 saturated heterocycles. The van der Waals surface area contributed by atoms with Gasteiger partial charge in [-0.1, -0.05) is 24.3 Å². The topological polar surface area (TPSA) is 99.3 Å². The lowest BCUT2D eigenvalue weighted by Gasteiger charge is -2.02. The molecule has 7 nitrogen and oxygen atoms in total. The number of carbonyl (C=O) groups is 1. The zero-order valence-corrected chi connectivity index (χ0v) is 12.9. The predicted octanol–water partition coefficient (Wildman–Crippen LogP) is 2.91. The van der Waals surface area contributed by atoms with Gasteiger partial charge in [-0.2, -0.15) is 5.10 Å². The van der Waals surface area contributed by atoms with Crippen LogP contribution in [0.3, 0.4) is 0 Å². The molecule has 0 unspecified atom stereocenters. The Morgan fingerprint density at radius 3 is 2.88 bits per heavy atom. The Hall–Kier alpha value is -3.48. The highest BCUT2D eigenvalue weighted by molar-refractivity contribution is 6.02. The molecule has 1 aromatic carbocycles. The number of H-pyrrole nitrogens is 2. The standard InChI is InChI=1S/C17H14N6O/c1-10-4-2-3-5-11(10)13-8-14-16(20-13)21-15(9-18-14)22-17(24)12-6-7-19-23-12/h2-9H,1H3,(H,19,23)(H2,20,21,22,24). The van der Waals surface area contributed by atoms with Gasteiger partial charge in [0, 0.05) is 17.5 Å². The van der Waals surface area contributed by atoms with E-state index in [1.165, 1.54) is 12.4 Å². The van der Waals surface area contributed by atoms with E-state index >= 15 is 0 Å². The summed E-state index contributed by atoms with van der Waals surface area (Å²) in [5.74, 6) is 0.0621. The number of rotatable bonds is 3. The molecule has 7 heteroatoms. The molecule has 0 radical (unpaired) electrons. The highest BCUT2D eigenvalue weighted by Gasteiger charge is 2.11. The zero-order chi connectivity index (χ0) is 16.5. The molecule has 4 aromatic rings. The van der Waals surface area contributed by atoms with Crippen molar-refractivity contribution in [2.24, 2.45) is 0 Å². The SMILES string of the molecule is Cc1ccccc1-c1cc2ncc(NC(=O)c3ccn[nH]3)nc2[nH]1. The molecule has 4 rings (SSSR count). The Labute approximate surface area is 137 Å². The van der Waals surface area contributed by atoms with Crippen molar-refractivity contribution in [1.29, 1.82) is 0 Å². The van der Waals surface area contributed by atoms with Crippen molar-refractivity contribution in [2.75, 3.05) is 5.32 Å². The summed E-state index contributed by atoms with van der Waals surface area (Å²) in [6.07, 6.45) is 3.05. The monoisotopic (exact) mass is 318 g/mol. The Balaban J connectivity index is 1.66. The van der Waals surface area contributed by atoms with Gasteiger partial charge in [0.2, 0.25) is 0 Å². The average molecular weight is 318 g/mol. The van der Waals surface area contributed by atoms with Crippen LogP contribution in [0.2, 0.25) is 0 Å². The van der Waals surface area contributed by atoms with Crippen molar-refractivity contribution >= 4 is 22.9 Å². The summed E-state index contributed by atoms with van der Waals surface area (Å²) >= 11 is 0. The average Bonchev–Trinajstić information content (AvgIpc) is 3.24. The second kappa shape index (κ2) is 5.62. The van der Waals surface area contributed by atoms with Gasteiger partial charge in [0.25, 0.3) is 5.91 Å². The second-order valence-electron chi connectivity index (χ2n) is 5.41. The van der Waals surface area contributed by atoms with Crippen LogP contribution in [0.1, 0.15) is 16.1 Å². The first-order chi connectivity index (χ1) is 11.7. The molecule has 0 fully saturated rings. The highest BCUT2D eigenvalue weighted by Crippen LogP contribution is 2.25. The summed E-state index contributed by atoms with van der Waals surface area (Å²) in [5, 5.41) is 9.05. The Bertz CT molecular complexity index is 1020. The number of amides is 1. The highest BCUT2D eigenvalue weighted by atomic mass is 16.2. The van der Waals surface area contributed by atoms with Crippen molar-refractivity contribution in [2.45, 2.75) is 6.92 Å². The van der Waals surface area contributed by atoms with Crippen molar-refractivity contribution in [1.82, 2.24) is 25.1 Å². The molecule has 0 bridgehead atoms. The number of benzene rings is 1. The van der Waals surface area contributed by atoms with Gasteiger partial charge in [-0.05, 0) is 24.6 Å². The molecule has 24 heavy (non-hydrogen) atoms. The number of nitrogens with zero attached hydrogens (tertiary/aromatic N) is 3. The Morgan fingerprint density at radius 1 is 1.21 bits per heavy atom. The Kier molecular flexibility index (Phi) is 3.31. The van der Waals surface area contributed by atoms with Crippen molar-refractivity contribution in [3.05, 3.63) is 60.0 Å². The molecule has 0 aliphatic carbocycles. The number of anilines is 1. The number of carbonyl (C=O) groups excluding carboxylic acids is 1. The summed E-state index contributed by atoms with van der Waals surface area (Å²) in [4.78, 5) is 24.1. The van der Waals surface area contributed by atoms with Crippen LogP contribution in [0.15, 0.2) is 48.8 Å². The fourth-order valence-corrected chi connectivity index (χ4v) is 2.54. The molecule has 0 atom stereocenters. The van der Waals surface area contributed by atoms with Gasteiger partial charge in [-0.25, -0.2) is 9.97 Å². The van der Waals surface area contributed by atoms with Crippen molar-refractivity contribution < 1.29 is 4.79 Å². The number of hydrogen-bond acceptors (Lipinski definition) is 4. The van der Waals surface area contributed by atoms with Crippen LogP contribution in [0.5, 0.6) is 0 Å². The molecule has 118 valence electrons. The normalized spacial score (nSPS) is 10.9. The Morgan fingerprint density at radius 2 is 2.08 bits per heavy atom. The molecule has 0 spiro atoms. The van der Waals surface area contributed by atoms with E-state index in [4.69, 9.17) is 0 Å². The third kappa shape index (κ3) is 2.52. The first kappa shape index (κ1) is 14.1. The minimum absolute atomic E-state index is 0.313. The quantitative estimate of drug-likeness (QED) is 0.541. The van der Waals surface area contributed by atoms with Gasteiger partial charge in [-0.3, -0.25) is 9.89 Å². The second-order valence-corrected chi connectivity index (χ2v) is 5.41. The lowest BCUT2D eigenvalue weighted by Crippen LogP contribution is -2.13. The molecular weight excluding hydrogens is 304 g/mol. The molecule has 0 aliphatic heterocycles. The van der Waals surface area contributed by atoms with Gasteiger partial charge in [0.1, 0.15) is 11.2 Å². The number of nitrogens with one attached hydrogen (secondary N) is 3. The maximum absolute atomic E-state index is 12.0. The van der Waals surface area contributed by atoms with Crippen LogP contribution >= 0.6 is 0 Å². The number of aromatic amines is 2. The van der Waals surface area contributed by atoms with Gasteiger partial charge in [0.15, 0.2) is 11.5 Å².